The van der Waals surface area contributed by atoms with Crippen molar-refractivity contribution in [2.75, 3.05) is 0 Å². The number of halogens is 2. The highest BCUT2D eigenvalue weighted by molar-refractivity contribution is 6.31. The van der Waals surface area contributed by atoms with E-state index in [-0.39, 0.29) is 5.82 Å². The van der Waals surface area contributed by atoms with Crippen molar-refractivity contribution in [2.45, 2.75) is 6.61 Å². The van der Waals surface area contributed by atoms with Crippen molar-refractivity contribution in [3.8, 4) is 28.0 Å². The zero-order valence-electron chi connectivity index (χ0n) is 15.0. The van der Waals surface area contributed by atoms with E-state index in [1.807, 2.05) is 60.7 Å². The Morgan fingerprint density at radius 3 is 2.39 bits per heavy atom. The van der Waals surface area contributed by atoms with Gasteiger partial charge in [0.25, 0.3) is 0 Å². The van der Waals surface area contributed by atoms with Gasteiger partial charge in [-0.15, -0.1) is 0 Å². The van der Waals surface area contributed by atoms with Crippen LogP contribution in [0.3, 0.4) is 0 Å². The van der Waals surface area contributed by atoms with Gasteiger partial charge in [-0.1, -0.05) is 78.3 Å². The number of hydrogen-bond acceptors (Lipinski definition) is 1. The summed E-state index contributed by atoms with van der Waals surface area (Å²) in [5.41, 5.74) is 3.76. The number of rotatable bonds is 5. The maximum atomic E-state index is 14.8. The van der Waals surface area contributed by atoms with E-state index in [1.165, 1.54) is 6.07 Å². The molecule has 4 rings (SSSR count). The van der Waals surface area contributed by atoms with Crippen LogP contribution in [0.15, 0.2) is 91.0 Å². The van der Waals surface area contributed by atoms with Crippen molar-refractivity contribution in [1.82, 2.24) is 0 Å². The minimum atomic E-state index is -0.311. The third-order valence-corrected chi connectivity index (χ3v) is 4.69. The lowest BCUT2D eigenvalue weighted by molar-refractivity contribution is 0.307. The molecule has 1 radical (unpaired) electrons. The van der Waals surface area contributed by atoms with Gasteiger partial charge in [-0.05, 0) is 47.0 Å². The molecule has 0 aliphatic carbocycles. The molecule has 28 heavy (non-hydrogen) atoms. The van der Waals surface area contributed by atoms with Gasteiger partial charge in [0.15, 0.2) is 0 Å². The Kier molecular flexibility index (Phi) is 5.41. The van der Waals surface area contributed by atoms with Crippen LogP contribution in [0.5, 0.6) is 5.75 Å². The van der Waals surface area contributed by atoms with Gasteiger partial charge in [-0.3, -0.25) is 0 Å². The number of ether oxygens (including phenoxy) is 1. The Bertz CT molecular complexity index is 1080. The Labute approximate surface area is 169 Å². The van der Waals surface area contributed by atoms with E-state index in [9.17, 15) is 4.39 Å². The maximum absolute atomic E-state index is 14.8. The Hall–Kier alpha value is -3.10. The molecule has 4 aromatic rings. The van der Waals surface area contributed by atoms with Gasteiger partial charge in [0.1, 0.15) is 18.2 Å². The van der Waals surface area contributed by atoms with Crippen LogP contribution in [-0.4, -0.2) is 0 Å². The van der Waals surface area contributed by atoms with Crippen molar-refractivity contribution in [1.29, 1.82) is 0 Å². The quantitative estimate of drug-likeness (QED) is 0.352. The zero-order valence-corrected chi connectivity index (χ0v) is 15.8. The summed E-state index contributed by atoms with van der Waals surface area (Å²) in [5, 5.41) is 0.572. The summed E-state index contributed by atoms with van der Waals surface area (Å²) in [6.07, 6.45) is 0. The van der Waals surface area contributed by atoms with Gasteiger partial charge in [0, 0.05) is 16.1 Å². The van der Waals surface area contributed by atoms with Crippen LogP contribution < -0.4 is 4.74 Å². The average molecular weight is 388 g/mol. The molecular weight excluding hydrogens is 371 g/mol. The van der Waals surface area contributed by atoms with Crippen molar-refractivity contribution in [3.05, 3.63) is 113 Å². The van der Waals surface area contributed by atoms with Gasteiger partial charge in [-0.2, -0.15) is 0 Å². The standard InChI is InChI=1S/C25H17ClFO/c26-21-12-14-25(28-17-18-7-3-1-4-8-18)23(16-21)20-11-13-22(24(27)15-20)19-9-5-2-6-10-19/h1-9,11-16H,17H2. The van der Waals surface area contributed by atoms with E-state index in [0.29, 0.717) is 28.5 Å². The molecule has 0 saturated heterocycles. The molecule has 0 fully saturated rings. The lowest BCUT2D eigenvalue weighted by Gasteiger charge is -2.13. The van der Waals surface area contributed by atoms with Gasteiger partial charge in [0.05, 0.1) is 0 Å². The van der Waals surface area contributed by atoms with E-state index < -0.39 is 0 Å². The van der Waals surface area contributed by atoms with Crippen LogP contribution in [0, 0.1) is 11.9 Å². The third-order valence-electron chi connectivity index (χ3n) is 4.46. The highest BCUT2D eigenvalue weighted by Gasteiger charge is 2.12. The molecule has 0 atom stereocenters. The molecule has 0 aliphatic heterocycles. The van der Waals surface area contributed by atoms with Gasteiger partial charge in [-0.25, -0.2) is 4.39 Å². The van der Waals surface area contributed by atoms with Crippen LogP contribution in [0.4, 0.5) is 4.39 Å². The molecule has 0 saturated carbocycles. The van der Waals surface area contributed by atoms with Gasteiger partial charge >= 0.3 is 0 Å². The summed E-state index contributed by atoms with van der Waals surface area (Å²) in [6, 6.07) is 30.8. The predicted molar refractivity (Wildman–Crippen MR) is 112 cm³/mol. The lowest BCUT2D eigenvalue weighted by atomic mass is 9.99. The van der Waals surface area contributed by atoms with E-state index >= 15 is 0 Å². The van der Waals surface area contributed by atoms with Crippen molar-refractivity contribution >= 4 is 11.6 Å². The molecule has 0 aliphatic rings. The van der Waals surface area contributed by atoms with Crippen LogP contribution in [0.2, 0.25) is 5.02 Å². The van der Waals surface area contributed by atoms with Gasteiger partial charge in [0.2, 0.25) is 0 Å². The van der Waals surface area contributed by atoms with Crippen LogP contribution >= 0.6 is 11.6 Å². The largest absolute Gasteiger partial charge is 0.488 e. The second kappa shape index (κ2) is 8.28. The predicted octanol–water partition coefficient (Wildman–Crippen LogP) is 7.19. The van der Waals surface area contributed by atoms with Crippen molar-refractivity contribution in [3.63, 3.8) is 0 Å². The molecule has 0 heterocycles. The second-order valence-corrected chi connectivity index (χ2v) is 6.82. The fourth-order valence-corrected chi connectivity index (χ4v) is 3.22. The third kappa shape index (κ3) is 4.08. The maximum Gasteiger partial charge on any atom is 0.131 e. The first-order valence-electron chi connectivity index (χ1n) is 8.94. The lowest BCUT2D eigenvalue weighted by Crippen LogP contribution is -1.97. The van der Waals surface area contributed by atoms with E-state index in [2.05, 4.69) is 6.07 Å². The summed E-state index contributed by atoms with van der Waals surface area (Å²) in [5.74, 6) is 0.348. The summed E-state index contributed by atoms with van der Waals surface area (Å²) in [7, 11) is 0. The molecule has 137 valence electrons. The van der Waals surface area contributed by atoms with Crippen LogP contribution in [-0.2, 0) is 6.61 Å². The minimum absolute atomic E-state index is 0.311. The van der Waals surface area contributed by atoms with Crippen LogP contribution in [0.25, 0.3) is 22.3 Å². The molecular formula is C25H17ClFO. The second-order valence-electron chi connectivity index (χ2n) is 6.39. The zero-order chi connectivity index (χ0) is 19.3. The minimum Gasteiger partial charge on any atom is -0.488 e. The molecule has 0 N–H and O–H groups in total. The highest BCUT2D eigenvalue weighted by atomic mass is 35.5. The monoisotopic (exact) mass is 387 g/mol. The first-order chi connectivity index (χ1) is 13.7. The fourth-order valence-electron chi connectivity index (χ4n) is 3.05. The Balaban J connectivity index is 1.67. The molecule has 3 heteroatoms. The molecule has 0 spiro atoms. The first kappa shape index (κ1) is 18.3. The van der Waals surface area contributed by atoms with Crippen molar-refractivity contribution in [2.24, 2.45) is 0 Å². The first-order valence-corrected chi connectivity index (χ1v) is 9.32. The molecule has 1 nitrogen and oxygen atoms in total. The topological polar surface area (TPSA) is 9.23 Å². The highest BCUT2D eigenvalue weighted by Crippen LogP contribution is 2.35. The molecule has 0 unspecified atom stereocenters. The van der Waals surface area contributed by atoms with E-state index in [4.69, 9.17) is 16.3 Å². The fraction of sp³-hybridized carbons (Fsp3) is 0.0400. The molecule has 0 amide bonds. The average Bonchev–Trinajstić information content (AvgIpc) is 2.74. The van der Waals surface area contributed by atoms with Crippen LogP contribution in [0.1, 0.15) is 5.56 Å². The summed E-state index contributed by atoms with van der Waals surface area (Å²) in [4.78, 5) is 0. The molecule has 0 bridgehead atoms. The summed E-state index contributed by atoms with van der Waals surface area (Å²) < 4.78 is 20.8. The number of hydrogen-bond donors (Lipinski definition) is 0. The molecule has 4 aromatic carbocycles. The Morgan fingerprint density at radius 1 is 0.821 bits per heavy atom. The smallest absolute Gasteiger partial charge is 0.131 e. The summed E-state index contributed by atoms with van der Waals surface area (Å²) in [6.45, 7) is 0.426. The SMILES string of the molecule is Fc1cc(-c2cc(Cl)ccc2OCc2ccccc2)ccc1-c1[c]cccc1. The molecule has 0 aromatic heterocycles. The van der Waals surface area contributed by atoms with Gasteiger partial charge < -0.3 is 4.74 Å². The normalized spacial score (nSPS) is 10.6. The van der Waals surface area contributed by atoms with Crippen molar-refractivity contribution < 1.29 is 9.13 Å². The number of benzene rings is 4. The van der Waals surface area contributed by atoms with E-state index in [0.717, 1.165) is 16.7 Å². The summed E-state index contributed by atoms with van der Waals surface area (Å²) >= 11 is 6.20. The Morgan fingerprint density at radius 2 is 1.64 bits per heavy atom. The van der Waals surface area contributed by atoms with E-state index in [1.54, 1.807) is 24.3 Å².